The Morgan fingerprint density at radius 1 is 1.38 bits per heavy atom. The predicted molar refractivity (Wildman–Crippen MR) is 58.0 cm³/mol. The zero-order valence-corrected chi connectivity index (χ0v) is 9.73. The molecule has 0 aliphatic heterocycles. The molecular weight excluding hydrogens is 206 g/mol. The minimum atomic E-state index is 0.449. The van der Waals surface area contributed by atoms with Crippen LogP contribution in [0.25, 0.3) is 0 Å². The molecule has 16 heavy (non-hydrogen) atoms. The van der Waals surface area contributed by atoms with E-state index in [4.69, 9.17) is 9.26 Å². The molecule has 0 N–H and O–H groups in total. The number of nitrogens with zero attached hydrogens (tertiary/aromatic N) is 3. The van der Waals surface area contributed by atoms with Crippen molar-refractivity contribution in [3.63, 3.8) is 0 Å². The first-order valence-electron chi connectivity index (χ1n) is 5.13. The van der Waals surface area contributed by atoms with Crippen LogP contribution < -0.4 is 0 Å². The van der Waals surface area contributed by atoms with Crippen LogP contribution in [-0.4, -0.2) is 22.0 Å². The van der Waals surface area contributed by atoms with E-state index in [2.05, 4.69) is 10.3 Å². The number of ether oxygens (including phenoxy) is 1. The van der Waals surface area contributed by atoms with Crippen molar-refractivity contribution in [1.82, 2.24) is 14.9 Å². The second kappa shape index (κ2) is 4.49. The third kappa shape index (κ3) is 2.30. The van der Waals surface area contributed by atoms with Gasteiger partial charge in [0.25, 0.3) is 0 Å². The maximum Gasteiger partial charge on any atom is 0.162 e. The third-order valence-corrected chi connectivity index (χ3v) is 2.31. The van der Waals surface area contributed by atoms with Crippen molar-refractivity contribution in [1.29, 1.82) is 0 Å². The van der Waals surface area contributed by atoms with Gasteiger partial charge >= 0.3 is 0 Å². The average molecular weight is 221 g/mol. The Morgan fingerprint density at radius 2 is 2.19 bits per heavy atom. The van der Waals surface area contributed by atoms with Gasteiger partial charge in [0.05, 0.1) is 12.2 Å². The molecule has 5 nitrogen and oxygen atoms in total. The first-order chi connectivity index (χ1) is 7.69. The number of hydrogen-bond donors (Lipinski definition) is 0. The summed E-state index contributed by atoms with van der Waals surface area (Å²) < 4.78 is 12.0. The monoisotopic (exact) mass is 221 g/mol. The van der Waals surface area contributed by atoms with Crippen LogP contribution >= 0.6 is 0 Å². The molecule has 2 rings (SSSR count). The maximum absolute atomic E-state index is 5.11. The van der Waals surface area contributed by atoms with Gasteiger partial charge in [-0.1, -0.05) is 5.16 Å². The zero-order valence-electron chi connectivity index (χ0n) is 9.73. The molecule has 5 heteroatoms. The lowest BCUT2D eigenvalue weighted by molar-refractivity contribution is 0.155. The zero-order chi connectivity index (χ0) is 11.5. The van der Waals surface area contributed by atoms with E-state index < -0.39 is 0 Å². The Morgan fingerprint density at radius 3 is 2.81 bits per heavy atom. The largest absolute Gasteiger partial charge is 0.377 e. The standard InChI is InChI=1S/C11H15N3O2/c1-8-4-9(2)14(12-8)6-10-5-11(7-15-3)16-13-10/h4-5H,6-7H2,1-3H3. The predicted octanol–water partition coefficient (Wildman–Crippen LogP) is 1.68. The molecule has 0 atom stereocenters. The van der Waals surface area contributed by atoms with E-state index in [1.807, 2.05) is 30.7 Å². The second-order valence-electron chi connectivity index (χ2n) is 3.80. The summed E-state index contributed by atoms with van der Waals surface area (Å²) in [6.07, 6.45) is 0. The summed E-state index contributed by atoms with van der Waals surface area (Å²) in [6, 6.07) is 3.93. The van der Waals surface area contributed by atoms with Gasteiger partial charge in [-0.05, 0) is 19.9 Å². The Bertz CT molecular complexity index is 473. The maximum atomic E-state index is 5.11. The van der Waals surface area contributed by atoms with Crippen molar-refractivity contribution >= 4 is 0 Å². The van der Waals surface area contributed by atoms with Crippen LogP contribution in [0.1, 0.15) is 22.8 Å². The topological polar surface area (TPSA) is 53.1 Å². The highest BCUT2D eigenvalue weighted by atomic mass is 16.5. The lowest BCUT2D eigenvalue weighted by Crippen LogP contribution is -2.03. The van der Waals surface area contributed by atoms with E-state index in [-0.39, 0.29) is 0 Å². The first kappa shape index (κ1) is 10.9. The van der Waals surface area contributed by atoms with Gasteiger partial charge in [-0.25, -0.2) is 0 Å². The molecule has 0 amide bonds. The normalized spacial score (nSPS) is 10.9. The van der Waals surface area contributed by atoms with Crippen LogP contribution in [-0.2, 0) is 17.9 Å². The Kier molecular flexibility index (Phi) is 3.05. The molecule has 2 heterocycles. The van der Waals surface area contributed by atoms with Crippen molar-refractivity contribution in [2.45, 2.75) is 27.0 Å². The molecule has 0 radical (unpaired) electrons. The van der Waals surface area contributed by atoms with Gasteiger partial charge in [0.2, 0.25) is 0 Å². The van der Waals surface area contributed by atoms with Gasteiger partial charge in [0, 0.05) is 18.9 Å². The molecule has 0 spiro atoms. The average Bonchev–Trinajstić information content (AvgIpc) is 2.76. The highest BCUT2D eigenvalue weighted by molar-refractivity contribution is 5.10. The fraction of sp³-hybridized carbons (Fsp3) is 0.455. The minimum Gasteiger partial charge on any atom is -0.377 e. The van der Waals surface area contributed by atoms with E-state index in [0.717, 1.165) is 22.8 Å². The van der Waals surface area contributed by atoms with Crippen LogP contribution in [0.2, 0.25) is 0 Å². The summed E-state index contributed by atoms with van der Waals surface area (Å²) in [5.74, 6) is 0.735. The van der Waals surface area contributed by atoms with Crippen LogP contribution in [0, 0.1) is 13.8 Å². The summed E-state index contributed by atoms with van der Waals surface area (Å²) in [4.78, 5) is 0. The molecule has 0 aliphatic rings. The molecule has 0 aromatic carbocycles. The van der Waals surface area contributed by atoms with E-state index >= 15 is 0 Å². The SMILES string of the molecule is COCc1cc(Cn2nc(C)cc2C)no1. The van der Waals surface area contributed by atoms with Crippen LogP contribution in [0.15, 0.2) is 16.7 Å². The lowest BCUT2D eigenvalue weighted by Gasteiger charge is -1.99. The van der Waals surface area contributed by atoms with Crippen molar-refractivity contribution in [2.24, 2.45) is 0 Å². The van der Waals surface area contributed by atoms with Crippen LogP contribution in [0.4, 0.5) is 0 Å². The molecule has 0 aliphatic carbocycles. The van der Waals surface area contributed by atoms with E-state index in [9.17, 15) is 0 Å². The Balaban J connectivity index is 2.11. The highest BCUT2D eigenvalue weighted by Gasteiger charge is 2.07. The third-order valence-electron chi connectivity index (χ3n) is 2.31. The number of hydrogen-bond acceptors (Lipinski definition) is 4. The van der Waals surface area contributed by atoms with Gasteiger partial charge in [0.1, 0.15) is 12.3 Å². The first-order valence-corrected chi connectivity index (χ1v) is 5.13. The Labute approximate surface area is 94.0 Å². The van der Waals surface area contributed by atoms with Crippen molar-refractivity contribution in [2.75, 3.05) is 7.11 Å². The van der Waals surface area contributed by atoms with Gasteiger partial charge in [0.15, 0.2) is 5.76 Å². The van der Waals surface area contributed by atoms with E-state index in [1.54, 1.807) is 7.11 Å². The molecule has 0 saturated carbocycles. The van der Waals surface area contributed by atoms with Crippen molar-refractivity contribution in [3.05, 3.63) is 35.0 Å². The number of rotatable bonds is 4. The van der Waals surface area contributed by atoms with Gasteiger partial charge in [-0.2, -0.15) is 5.10 Å². The molecule has 2 aromatic heterocycles. The molecule has 0 fully saturated rings. The fourth-order valence-electron chi connectivity index (χ4n) is 1.63. The summed E-state index contributed by atoms with van der Waals surface area (Å²) >= 11 is 0. The number of aryl methyl sites for hydroxylation is 2. The van der Waals surface area contributed by atoms with Gasteiger partial charge in [-0.15, -0.1) is 0 Å². The van der Waals surface area contributed by atoms with Gasteiger partial charge < -0.3 is 9.26 Å². The molecular formula is C11H15N3O2. The minimum absolute atomic E-state index is 0.449. The molecule has 2 aromatic rings. The van der Waals surface area contributed by atoms with Crippen LogP contribution in [0.3, 0.4) is 0 Å². The van der Waals surface area contributed by atoms with E-state index in [0.29, 0.717) is 13.2 Å². The molecule has 86 valence electrons. The summed E-state index contributed by atoms with van der Waals surface area (Å²) in [6.45, 7) is 5.08. The number of methoxy groups -OCH3 is 1. The van der Waals surface area contributed by atoms with Gasteiger partial charge in [-0.3, -0.25) is 4.68 Å². The van der Waals surface area contributed by atoms with Crippen molar-refractivity contribution < 1.29 is 9.26 Å². The smallest absolute Gasteiger partial charge is 0.162 e. The Hall–Kier alpha value is -1.62. The summed E-state index contributed by atoms with van der Waals surface area (Å²) in [7, 11) is 1.63. The second-order valence-corrected chi connectivity index (χ2v) is 3.80. The quantitative estimate of drug-likeness (QED) is 0.788. The van der Waals surface area contributed by atoms with Crippen LogP contribution in [0.5, 0.6) is 0 Å². The highest BCUT2D eigenvalue weighted by Crippen LogP contribution is 2.09. The molecule has 0 unspecified atom stereocenters. The fourth-order valence-corrected chi connectivity index (χ4v) is 1.63. The lowest BCUT2D eigenvalue weighted by atomic mass is 10.3. The van der Waals surface area contributed by atoms with E-state index in [1.165, 1.54) is 0 Å². The number of aromatic nitrogens is 3. The summed E-state index contributed by atoms with van der Waals surface area (Å²) in [5.41, 5.74) is 2.99. The summed E-state index contributed by atoms with van der Waals surface area (Å²) in [5, 5.41) is 8.33. The molecule has 0 bridgehead atoms. The molecule has 0 saturated heterocycles. The van der Waals surface area contributed by atoms with Crippen molar-refractivity contribution in [3.8, 4) is 0 Å².